The molecule has 0 radical (unpaired) electrons. The van der Waals surface area contributed by atoms with E-state index in [9.17, 15) is 0 Å². The molecule has 21 heavy (non-hydrogen) atoms. The highest BCUT2D eigenvalue weighted by molar-refractivity contribution is 6.83. The standard InChI is InChI=1S/C16H14N4Si/c1-21(2,3)8-7-13-5-4-6-15(9-13)20-16(12-19)14(10-17)11-18/h4-6,9,20H,1-3H3. The van der Waals surface area contributed by atoms with Gasteiger partial charge in [-0.25, -0.2) is 0 Å². The average Bonchev–Trinajstić information content (AvgIpc) is 2.45. The zero-order chi connectivity index (χ0) is 15.9. The fraction of sp³-hybridized carbons (Fsp3) is 0.188. The molecule has 1 aromatic carbocycles. The third-order valence-corrected chi connectivity index (χ3v) is 3.17. The number of anilines is 1. The molecule has 0 aliphatic rings. The first kappa shape index (κ1) is 16.1. The van der Waals surface area contributed by atoms with Crippen molar-refractivity contribution in [2.45, 2.75) is 19.6 Å². The molecule has 1 N–H and O–H groups in total. The van der Waals surface area contributed by atoms with Crippen molar-refractivity contribution in [1.82, 2.24) is 0 Å². The lowest BCUT2D eigenvalue weighted by Crippen LogP contribution is -2.16. The lowest BCUT2D eigenvalue weighted by molar-refractivity contribution is 1.37. The first-order valence-corrected chi connectivity index (χ1v) is 9.74. The van der Waals surface area contributed by atoms with Crippen LogP contribution in [0.5, 0.6) is 0 Å². The molecule has 1 rings (SSSR count). The molecule has 4 nitrogen and oxygen atoms in total. The van der Waals surface area contributed by atoms with Gasteiger partial charge in [0.05, 0.1) is 0 Å². The van der Waals surface area contributed by atoms with Crippen molar-refractivity contribution in [3.05, 3.63) is 41.1 Å². The van der Waals surface area contributed by atoms with Crippen LogP contribution in [0.2, 0.25) is 19.6 Å². The number of benzene rings is 1. The van der Waals surface area contributed by atoms with Crippen LogP contribution in [0.15, 0.2) is 35.5 Å². The molecule has 0 spiro atoms. The van der Waals surface area contributed by atoms with E-state index in [0.29, 0.717) is 5.69 Å². The number of hydrogen-bond donors (Lipinski definition) is 1. The quantitative estimate of drug-likeness (QED) is 0.515. The molecule has 1 aromatic rings. The number of nitrogens with zero attached hydrogens (tertiary/aromatic N) is 3. The van der Waals surface area contributed by atoms with Gasteiger partial charge in [0, 0.05) is 11.3 Å². The average molecular weight is 290 g/mol. The summed E-state index contributed by atoms with van der Waals surface area (Å²) in [4.78, 5) is 0. The summed E-state index contributed by atoms with van der Waals surface area (Å²) < 4.78 is 0. The lowest BCUT2D eigenvalue weighted by Gasteiger charge is -2.06. The van der Waals surface area contributed by atoms with Crippen molar-refractivity contribution in [3.63, 3.8) is 0 Å². The summed E-state index contributed by atoms with van der Waals surface area (Å²) in [5, 5.41) is 29.4. The van der Waals surface area contributed by atoms with Crippen LogP contribution in [-0.4, -0.2) is 8.07 Å². The maximum absolute atomic E-state index is 9.00. The van der Waals surface area contributed by atoms with Crippen LogP contribution in [-0.2, 0) is 0 Å². The molecule has 0 heterocycles. The van der Waals surface area contributed by atoms with E-state index in [4.69, 9.17) is 15.8 Å². The van der Waals surface area contributed by atoms with Crippen LogP contribution >= 0.6 is 0 Å². The van der Waals surface area contributed by atoms with Crippen LogP contribution in [0, 0.1) is 45.5 Å². The van der Waals surface area contributed by atoms with E-state index in [1.165, 1.54) is 0 Å². The Morgan fingerprint density at radius 1 is 1.05 bits per heavy atom. The highest BCUT2D eigenvalue weighted by Gasteiger charge is 2.08. The molecule has 0 amide bonds. The van der Waals surface area contributed by atoms with Gasteiger partial charge in [-0.1, -0.05) is 31.6 Å². The number of nitriles is 3. The highest BCUT2D eigenvalue weighted by atomic mass is 28.3. The minimum absolute atomic E-state index is 0.0599. The van der Waals surface area contributed by atoms with Crippen LogP contribution < -0.4 is 5.32 Å². The van der Waals surface area contributed by atoms with Crippen LogP contribution in [0.3, 0.4) is 0 Å². The van der Waals surface area contributed by atoms with E-state index in [2.05, 4.69) is 36.4 Å². The monoisotopic (exact) mass is 290 g/mol. The lowest BCUT2D eigenvalue weighted by atomic mass is 10.2. The van der Waals surface area contributed by atoms with Gasteiger partial charge in [-0.15, -0.1) is 5.54 Å². The molecule has 0 bridgehead atoms. The van der Waals surface area contributed by atoms with Crippen molar-refractivity contribution < 1.29 is 0 Å². The number of rotatable bonds is 2. The van der Waals surface area contributed by atoms with E-state index < -0.39 is 8.07 Å². The molecular weight excluding hydrogens is 276 g/mol. The molecule has 102 valence electrons. The zero-order valence-electron chi connectivity index (χ0n) is 12.2. The fourth-order valence-electron chi connectivity index (χ4n) is 1.36. The maximum atomic E-state index is 9.00. The Morgan fingerprint density at radius 2 is 1.71 bits per heavy atom. The SMILES string of the molecule is C[Si](C)(C)C#Cc1cccc(NC(C#N)=C(C#N)C#N)c1. The van der Waals surface area contributed by atoms with Gasteiger partial charge in [0.15, 0.2) is 5.57 Å². The minimum atomic E-state index is -1.46. The second-order valence-corrected chi connectivity index (χ2v) is 10.0. The number of allylic oxidation sites excluding steroid dienone is 2. The van der Waals surface area contributed by atoms with Crippen LogP contribution in [0.25, 0.3) is 0 Å². The summed E-state index contributed by atoms with van der Waals surface area (Å²) >= 11 is 0. The molecule has 0 unspecified atom stereocenters. The molecular formula is C16H14N4Si. The fourth-order valence-corrected chi connectivity index (χ4v) is 1.88. The van der Waals surface area contributed by atoms with Crippen molar-refractivity contribution in [3.8, 4) is 29.7 Å². The van der Waals surface area contributed by atoms with Gasteiger partial charge < -0.3 is 5.32 Å². The number of hydrogen-bond acceptors (Lipinski definition) is 4. The second-order valence-electron chi connectivity index (χ2n) is 5.29. The summed E-state index contributed by atoms with van der Waals surface area (Å²) in [7, 11) is -1.46. The Hall–Kier alpha value is -2.99. The molecule has 0 fully saturated rings. The summed E-state index contributed by atoms with van der Waals surface area (Å²) in [5.41, 5.74) is 4.41. The Bertz CT molecular complexity index is 737. The van der Waals surface area contributed by atoms with E-state index >= 15 is 0 Å². The normalized spacial score (nSPS) is 9.14. The van der Waals surface area contributed by atoms with Gasteiger partial charge in [-0.05, 0) is 18.2 Å². The Morgan fingerprint density at radius 3 is 2.24 bits per heavy atom. The van der Waals surface area contributed by atoms with Crippen molar-refractivity contribution in [1.29, 1.82) is 15.8 Å². The minimum Gasteiger partial charge on any atom is -0.345 e. The zero-order valence-corrected chi connectivity index (χ0v) is 13.2. The molecule has 5 heteroatoms. The van der Waals surface area contributed by atoms with Gasteiger partial charge in [0.2, 0.25) is 0 Å². The largest absolute Gasteiger partial charge is 0.345 e. The summed E-state index contributed by atoms with van der Waals surface area (Å²) in [6.07, 6.45) is 0. The maximum Gasteiger partial charge on any atom is 0.163 e. The second kappa shape index (κ2) is 6.97. The highest BCUT2D eigenvalue weighted by Crippen LogP contribution is 2.14. The molecule has 0 saturated heterocycles. The smallest absolute Gasteiger partial charge is 0.163 e. The van der Waals surface area contributed by atoms with Gasteiger partial charge >= 0.3 is 0 Å². The van der Waals surface area contributed by atoms with Crippen molar-refractivity contribution in [2.75, 3.05) is 5.32 Å². The van der Waals surface area contributed by atoms with E-state index in [1.54, 1.807) is 24.3 Å². The van der Waals surface area contributed by atoms with Gasteiger partial charge in [0.25, 0.3) is 0 Å². The molecule has 0 aromatic heterocycles. The molecule has 0 saturated carbocycles. The van der Waals surface area contributed by atoms with Gasteiger partial charge in [-0.2, -0.15) is 15.8 Å². The topological polar surface area (TPSA) is 83.4 Å². The molecule has 0 aliphatic heterocycles. The summed E-state index contributed by atoms with van der Waals surface area (Å²) in [6.45, 7) is 6.47. The third kappa shape index (κ3) is 5.25. The predicted octanol–water partition coefficient (Wildman–Crippen LogP) is 3.15. The first-order chi connectivity index (χ1) is 9.89. The van der Waals surface area contributed by atoms with Gasteiger partial charge in [0.1, 0.15) is 32.0 Å². The summed E-state index contributed by atoms with van der Waals surface area (Å²) in [5.74, 6) is 3.12. The van der Waals surface area contributed by atoms with Crippen molar-refractivity contribution in [2.24, 2.45) is 0 Å². The van der Waals surface area contributed by atoms with Crippen LogP contribution in [0.4, 0.5) is 5.69 Å². The first-order valence-electron chi connectivity index (χ1n) is 6.24. The molecule has 0 aliphatic carbocycles. The Balaban J connectivity index is 3.11. The van der Waals surface area contributed by atoms with Crippen molar-refractivity contribution >= 4 is 13.8 Å². The summed E-state index contributed by atoms with van der Waals surface area (Å²) in [6, 6.07) is 12.4. The van der Waals surface area contributed by atoms with Crippen LogP contribution in [0.1, 0.15) is 5.56 Å². The van der Waals surface area contributed by atoms with E-state index in [-0.39, 0.29) is 11.3 Å². The Labute approximate surface area is 125 Å². The van der Waals surface area contributed by atoms with E-state index in [1.807, 2.05) is 18.2 Å². The third-order valence-electron chi connectivity index (χ3n) is 2.30. The van der Waals surface area contributed by atoms with E-state index in [0.717, 1.165) is 5.56 Å². The molecule has 0 atom stereocenters. The van der Waals surface area contributed by atoms with Gasteiger partial charge in [-0.3, -0.25) is 0 Å². The number of nitrogens with one attached hydrogen (secondary N) is 1. The Kier molecular flexibility index (Phi) is 5.33. The predicted molar refractivity (Wildman–Crippen MR) is 84.2 cm³/mol.